The summed E-state index contributed by atoms with van der Waals surface area (Å²) < 4.78 is 0. The van der Waals surface area contributed by atoms with Crippen LogP contribution in [0.4, 0.5) is 0 Å². The molecule has 0 aliphatic heterocycles. The van der Waals surface area contributed by atoms with Crippen molar-refractivity contribution in [2.45, 2.75) is 52.4 Å². The van der Waals surface area contributed by atoms with Gasteiger partial charge in [0.05, 0.1) is 0 Å². The monoisotopic (exact) mass is 225 g/mol. The van der Waals surface area contributed by atoms with Gasteiger partial charge >= 0.3 is 0 Å². The van der Waals surface area contributed by atoms with Crippen molar-refractivity contribution >= 4 is 11.6 Å². The summed E-state index contributed by atoms with van der Waals surface area (Å²) >= 11 is 5.96. The van der Waals surface area contributed by atoms with Gasteiger partial charge in [0.2, 0.25) is 0 Å². The van der Waals surface area contributed by atoms with E-state index in [1.807, 2.05) is 12.3 Å². The third kappa shape index (κ3) is 2.94. The van der Waals surface area contributed by atoms with Crippen molar-refractivity contribution in [2.75, 3.05) is 0 Å². The number of pyridine rings is 1. The lowest BCUT2D eigenvalue weighted by molar-refractivity contribution is 0.527. The highest BCUT2D eigenvalue weighted by molar-refractivity contribution is 6.29. The van der Waals surface area contributed by atoms with Crippen LogP contribution >= 0.6 is 11.6 Å². The molecule has 0 saturated heterocycles. The van der Waals surface area contributed by atoms with Gasteiger partial charge < -0.3 is 0 Å². The van der Waals surface area contributed by atoms with Crippen molar-refractivity contribution in [1.82, 2.24) is 4.98 Å². The van der Waals surface area contributed by atoms with Crippen molar-refractivity contribution in [2.24, 2.45) is 0 Å². The average Bonchev–Trinajstić information content (AvgIpc) is 2.00. The highest BCUT2D eigenvalue weighted by Gasteiger charge is 2.25. The standard InChI is InChI=1S/C13H20ClN/c1-12(2,3)9-7-11(14)15-8-10(9)13(4,5)6/h7-8H,1-6H3. The smallest absolute Gasteiger partial charge is 0.129 e. The first-order valence-electron chi connectivity index (χ1n) is 5.29. The van der Waals surface area contributed by atoms with Gasteiger partial charge in [-0.2, -0.15) is 0 Å². The molecule has 0 atom stereocenters. The zero-order valence-corrected chi connectivity index (χ0v) is 11.2. The van der Waals surface area contributed by atoms with Gasteiger partial charge in [0.1, 0.15) is 5.15 Å². The highest BCUT2D eigenvalue weighted by atomic mass is 35.5. The molecule has 0 unspecified atom stereocenters. The molecule has 0 N–H and O–H groups in total. The molecule has 1 heterocycles. The second-order valence-corrected chi connectivity index (χ2v) is 6.44. The van der Waals surface area contributed by atoms with Crippen molar-refractivity contribution in [1.29, 1.82) is 0 Å². The first-order chi connectivity index (χ1) is 6.62. The van der Waals surface area contributed by atoms with E-state index in [2.05, 4.69) is 46.5 Å². The summed E-state index contributed by atoms with van der Waals surface area (Å²) in [5.74, 6) is 0. The molecule has 1 aromatic heterocycles. The fraction of sp³-hybridized carbons (Fsp3) is 0.615. The quantitative estimate of drug-likeness (QED) is 0.599. The Bertz CT molecular complexity index is 356. The second kappa shape index (κ2) is 3.79. The number of halogens is 1. The molecular weight excluding hydrogens is 206 g/mol. The Balaban J connectivity index is 3.41. The molecule has 0 aliphatic rings. The number of hydrogen-bond acceptors (Lipinski definition) is 1. The van der Waals surface area contributed by atoms with Crippen molar-refractivity contribution < 1.29 is 0 Å². The molecule has 2 heteroatoms. The number of nitrogens with zero attached hydrogens (tertiary/aromatic N) is 1. The second-order valence-electron chi connectivity index (χ2n) is 6.05. The van der Waals surface area contributed by atoms with E-state index in [4.69, 9.17) is 11.6 Å². The minimum Gasteiger partial charge on any atom is -0.244 e. The average molecular weight is 226 g/mol. The Labute approximate surface area is 97.9 Å². The van der Waals surface area contributed by atoms with Gasteiger partial charge in [-0.3, -0.25) is 0 Å². The molecule has 0 amide bonds. The van der Waals surface area contributed by atoms with Crippen molar-refractivity contribution in [3.8, 4) is 0 Å². The summed E-state index contributed by atoms with van der Waals surface area (Å²) in [6.07, 6.45) is 1.91. The van der Waals surface area contributed by atoms with E-state index in [-0.39, 0.29) is 10.8 Å². The van der Waals surface area contributed by atoms with Gasteiger partial charge in [0.15, 0.2) is 0 Å². The normalized spacial score (nSPS) is 13.0. The molecule has 0 saturated carbocycles. The van der Waals surface area contributed by atoms with E-state index in [0.717, 1.165) is 0 Å². The molecule has 1 nitrogen and oxygen atoms in total. The minimum atomic E-state index is 0.106. The predicted octanol–water partition coefficient (Wildman–Crippen LogP) is 4.33. The summed E-state index contributed by atoms with van der Waals surface area (Å²) in [6.45, 7) is 13.2. The number of aromatic nitrogens is 1. The van der Waals surface area contributed by atoms with Gasteiger partial charge in [-0.05, 0) is 28.0 Å². The van der Waals surface area contributed by atoms with E-state index in [0.29, 0.717) is 5.15 Å². The largest absolute Gasteiger partial charge is 0.244 e. The van der Waals surface area contributed by atoms with E-state index < -0.39 is 0 Å². The van der Waals surface area contributed by atoms with Crippen molar-refractivity contribution in [3.63, 3.8) is 0 Å². The van der Waals surface area contributed by atoms with Crippen LogP contribution in [0.15, 0.2) is 12.3 Å². The van der Waals surface area contributed by atoms with Gasteiger partial charge in [-0.25, -0.2) is 4.98 Å². The lowest BCUT2D eigenvalue weighted by atomic mass is 9.76. The Morgan fingerprint density at radius 3 is 1.80 bits per heavy atom. The van der Waals surface area contributed by atoms with Crippen molar-refractivity contribution in [3.05, 3.63) is 28.5 Å². The third-order valence-corrected chi connectivity index (χ3v) is 2.69. The summed E-state index contributed by atoms with van der Waals surface area (Å²) in [7, 11) is 0. The topological polar surface area (TPSA) is 12.9 Å². The summed E-state index contributed by atoms with van der Waals surface area (Å²) in [5.41, 5.74) is 2.78. The van der Waals surface area contributed by atoms with Crippen LogP contribution in [0, 0.1) is 0 Å². The van der Waals surface area contributed by atoms with Crippen LogP contribution in [0.2, 0.25) is 5.15 Å². The number of hydrogen-bond donors (Lipinski definition) is 0. The lowest BCUT2D eigenvalue weighted by Crippen LogP contribution is -2.22. The first-order valence-corrected chi connectivity index (χ1v) is 5.66. The third-order valence-electron chi connectivity index (χ3n) is 2.49. The van der Waals surface area contributed by atoms with Gasteiger partial charge in [0, 0.05) is 6.20 Å². The van der Waals surface area contributed by atoms with Crippen LogP contribution in [-0.4, -0.2) is 4.98 Å². The summed E-state index contributed by atoms with van der Waals surface area (Å²) in [6, 6.07) is 1.99. The molecule has 0 spiro atoms. The fourth-order valence-electron chi connectivity index (χ4n) is 1.65. The van der Waals surface area contributed by atoms with Crippen LogP contribution in [0.3, 0.4) is 0 Å². The maximum Gasteiger partial charge on any atom is 0.129 e. The van der Waals surface area contributed by atoms with Crippen LogP contribution in [-0.2, 0) is 10.8 Å². The maximum absolute atomic E-state index is 5.96. The van der Waals surface area contributed by atoms with E-state index in [9.17, 15) is 0 Å². The molecule has 0 aliphatic carbocycles. The Morgan fingerprint density at radius 1 is 0.933 bits per heavy atom. The Morgan fingerprint density at radius 2 is 1.40 bits per heavy atom. The molecular formula is C13H20ClN. The van der Waals surface area contributed by atoms with Crippen LogP contribution < -0.4 is 0 Å². The summed E-state index contributed by atoms with van der Waals surface area (Å²) in [5, 5.41) is 0.577. The van der Waals surface area contributed by atoms with Gasteiger partial charge in [0.25, 0.3) is 0 Å². The fourth-order valence-corrected chi connectivity index (χ4v) is 1.81. The SMILES string of the molecule is CC(C)(C)c1cnc(Cl)cc1C(C)(C)C. The predicted molar refractivity (Wildman–Crippen MR) is 66.6 cm³/mol. The van der Waals surface area contributed by atoms with E-state index >= 15 is 0 Å². The maximum atomic E-state index is 5.96. The number of rotatable bonds is 0. The minimum absolute atomic E-state index is 0.106. The first kappa shape index (κ1) is 12.5. The lowest BCUT2D eigenvalue weighted by Gasteiger charge is -2.29. The molecule has 0 bridgehead atoms. The molecule has 0 fully saturated rings. The van der Waals surface area contributed by atoms with Crippen LogP contribution in [0.1, 0.15) is 52.7 Å². The van der Waals surface area contributed by atoms with Crippen LogP contribution in [0.5, 0.6) is 0 Å². The van der Waals surface area contributed by atoms with Gasteiger partial charge in [-0.15, -0.1) is 0 Å². The zero-order valence-electron chi connectivity index (χ0n) is 10.5. The Hall–Kier alpha value is -0.560. The zero-order chi connectivity index (χ0) is 11.9. The summed E-state index contributed by atoms with van der Waals surface area (Å²) in [4.78, 5) is 4.19. The van der Waals surface area contributed by atoms with Crippen LogP contribution in [0.25, 0.3) is 0 Å². The molecule has 0 aromatic carbocycles. The molecule has 84 valence electrons. The van der Waals surface area contributed by atoms with Gasteiger partial charge in [-0.1, -0.05) is 53.1 Å². The van der Waals surface area contributed by atoms with E-state index in [1.165, 1.54) is 11.1 Å². The Kier molecular flexibility index (Phi) is 3.16. The highest BCUT2D eigenvalue weighted by Crippen LogP contribution is 2.34. The molecule has 15 heavy (non-hydrogen) atoms. The molecule has 0 radical (unpaired) electrons. The molecule has 1 rings (SSSR count). The van der Waals surface area contributed by atoms with E-state index in [1.54, 1.807) is 0 Å². The molecule has 1 aromatic rings.